The highest BCUT2D eigenvalue weighted by atomic mass is 15.0. The van der Waals surface area contributed by atoms with Crippen LogP contribution >= 0.6 is 0 Å². The van der Waals surface area contributed by atoms with Gasteiger partial charge >= 0.3 is 0 Å². The smallest absolute Gasteiger partial charge is 0.164 e. The van der Waals surface area contributed by atoms with Crippen molar-refractivity contribution >= 4 is 32.6 Å². The average molecular weight is 677 g/mol. The minimum absolute atomic E-state index is 0.619. The van der Waals surface area contributed by atoms with Crippen molar-refractivity contribution in [3.8, 4) is 62.1 Å². The quantitative estimate of drug-likeness (QED) is 0.176. The van der Waals surface area contributed by atoms with E-state index in [-0.39, 0.29) is 0 Å². The molecule has 0 amide bonds. The van der Waals surface area contributed by atoms with E-state index in [2.05, 4.69) is 180 Å². The molecule has 0 bridgehead atoms. The third kappa shape index (κ3) is 5.45. The normalized spacial score (nSPS) is 11.4. The maximum atomic E-state index is 5.22. The van der Waals surface area contributed by atoms with Gasteiger partial charge in [-0.2, -0.15) is 0 Å². The molecule has 4 nitrogen and oxygen atoms in total. The van der Waals surface area contributed by atoms with Crippen LogP contribution in [-0.4, -0.2) is 19.5 Å². The highest BCUT2D eigenvalue weighted by Crippen LogP contribution is 2.39. The highest BCUT2D eigenvalue weighted by Gasteiger charge is 2.19. The number of rotatable bonds is 6. The van der Waals surface area contributed by atoms with E-state index in [1.165, 1.54) is 21.9 Å². The number of para-hydroxylation sites is 2. The zero-order valence-corrected chi connectivity index (χ0v) is 28.8. The summed E-state index contributed by atoms with van der Waals surface area (Å²) in [5, 5.41) is 4.67. The Morgan fingerprint density at radius 3 is 1.57 bits per heavy atom. The molecule has 0 saturated carbocycles. The molecular formula is C49H32N4. The van der Waals surface area contributed by atoms with Gasteiger partial charge in [-0.3, -0.25) is 0 Å². The molecular weight excluding hydrogens is 645 g/mol. The topological polar surface area (TPSA) is 43.6 Å². The minimum Gasteiger partial charge on any atom is -0.309 e. The number of benzene rings is 8. The number of hydrogen-bond acceptors (Lipinski definition) is 3. The Balaban J connectivity index is 1.24. The number of aromatic nitrogens is 4. The van der Waals surface area contributed by atoms with Crippen molar-refractivity contribution < 1.29 is 0 Å². The second-order valence-corrected chi connectivity index (χ2v) is 13.2. The molecule has 248 valence electrons. The van der Waals surface area contributed by atoms with Crippen molar-refractivity contribution in [2.75, 3.05) is 0 Å². The highest BCUT2D eigenvalue weighted by molar-refractivity contribution is 6.10. The lowest BCUT2D eigenvalue weighted by Gasteiger charge is -2.17. The summed E-state index contributed by atoms with van der Waals surface area (Å²) in [6, 6.07) is 68.2. The lowest BCUT2D eigenvalue weighted by Crippen LogP contribution is -2.02. The Morgan fingerprint density at radius 1 is 0.302 bits per heavy atom. The van der Waals surface area contributed by atoms with Gasteiger partial charge in [0.05, 0.1) is 16.7 Å². The third-order valence-corrected chi connectivity index (χ3v) is 10.1. The first-order valence-electron chi connectivity index (χ1n) is 17.9. The molecule has 2 heterocycles. The van der Waals surface area contributed by atoms with E-state index in [1.54, 1.807) is 0 Å². The Hall–Kier alpha value is -7.17. The molecule has 0 fully saturated rings. The van der Waals surface area contributed by atoms with E-state index < -0.39 is 0 Å². The molecule has 0 unspecified atom stereocenters. The fourth-order valence-electron chi connectivity index (χ4n) is 7.54. The van der Waals surface area contributed by atoms with E-state index in [1.807, 2.05) is 18.2 Å². The summed E-state index contributed by atoms with van der Waals surface area (Å²) in [6.07, 6.45) is 0. The molecule has 0 atom stereocenters. The van der Waals surface area contributed by atoms with Crippen LogP contribution in [0, 0.1) is 0 Å². The van der Waals surface area contributed by atoms with Crippen LogP contribution < -0.4 is 0 Å². The second-order valence-electron chi connectivity index (χ2n) is 13.2. The largest absolute Gasteiger partial charge is 0.309 e. The van der Waals surface area contributed by atoms with Gasteiger partial charge in [-0.15, -0.1) is 0 Å². The maximum Gasteiger partial charge on any atom is 0.164 e. The molecule has 0 aliphatic rings. The van der Waals surface area contributed by atoms with Gasteiger partial charge in [0.1, 0.15) is 0 Å². The van der Waals surface area contributed by atoms with Crippen molar-refractivity contribution in [1.29, 1.82) is 0 Å². The van der Waals surface area contributed by atoms with Crippen LogP contribution in [0.1, 0.15) is 0 Å². The predicted molar refractivity (Wildman–Crippen MR) is 219 cm³/mol. The summed E-state index contributed by atoms with van der Waals surface area (Å²) < 4.78 is 2.39. The van der Waals surface area contributed by atoms with Crippen molar-refractivity contribution in [2.45, 2.75) is 0 Å². The Labute approximate surface area is 307 Å². The molecule has 0 radical (unpaired) electrons. The third-order valence-electron chi connectivity index (χ3n) is 10.1. The van der Waals surface area contributed by atoms with E-state index >= 15 is 0 Å². The standard InChI is InChI=1S/C49H32N4/c1-3-15-33(16-4-1)36-21-13-22-37(31-36)40-30-29-38(32-46(40)53-44-27-11-9-24-41(44)42-25-10-12-28-45(42)53)48-50-47(35-18-5-2-6-19-35)51-49(52-48)43-26-14-20-34-17-7-8-23-39(34)43/h1-32H. The zero-order valence-electron chi connectivity index (χ0n) is 28.8. The molecule has 0 N–H and O–H groups in total. The molecule has 53 heavy (non-hydrogen) atoms. The van der Waals surface area contributed by atoms with Gasteiger partial charge < -0.3 is 4.57 Å². The molecule has 10 aromatic rings. The molecule has 4 heteroatoms. The van der Waals surface area contributed by atoms with Gasteiger partial charge in [0.15, 0.2) is 17.5 Å². The molecule has 0 aliphatic carbocycles. The first-order chi connectivity index (χ1) is 26.3. The van der Waals surface area contributed by atoms with Gasteiger partial charge in [0, 0.05) is 33.0 Å². The molecule has 8 aromatic carbocycles. The summed E-state index contributed by atoms with van der Waals surface area (Å²) in [5.74, 6) is 1.90. The van der Waals surface area contributed by atoms with Gasteiger partial charge in [0.25, 0.3) is 0 Å². The van der Waals surface area contributed by atoms with Crippen molar-refractivity contribution in [3.05, 3.63) is 194 Å². The summed E-state index contributed by atoms with van der Waals surface area (Å²) in [5.41, 5.74) is 10.8. The molecule has 0 spiro atoms. The van der Waals surface area contributed by atoms with Crippen molar-refractivity contribution in [3.63, 3.8) is 0 Å². The first-order valence-corrected chi connectivity index (χ1v) is 17.9. The van der Waals surface area contributed by atoms with Crippen LogP contribution in [-0.2, 0) is 0 Å². The van der Waals surface area contributed by atoms with E-state index in [4.69, 9.17) is 15.0 Å². The number of fused-ring (bicyclic) bond motifs is 4. The lowest BCUT2D eigenvalue weighted by molar-refractivity contribution is 1.07. The second kappa shape index (κ2) is 12.9. The predicted octanol–water partition coefficient (Wildman–Crippen LogP) is 12.5. The fraction of sp³-hybridized carbons (Fsp3) is 0. The van der Waals surface area contributed by atoms with Gasteiger partial charge in [-0.1, -0.05) is 170 Å². The first kappa shape index (κ1) is 30.6. The Bertz CT molecular complexity index is 2890. The Morgan fingerprint density at radius 2 is 0.830 bits per heavy atom. The van der Waals surface area contributed by atoms with Crippen LogP contribution in [0.4, 0.5) is 0 Å². The molecule has 10 rings (SSSR count). The van der Waals surface area contributed by atoms with Crippen LogP contribution in [0.15, 0.2) is 194 Å². The SMILES string of the molecule is c1ccc(-c2cccc(-c3ccc(-c4nc(-c5ccccc5)nc(-c5cccc6ccccc56)n4)cc3-n3c4ccccc4c4ccccc43)c2)cc1. The summed E-state index contributed by atoms with van der Waals surface area (Å²) >= 11 is 0. The van der Waals surface area contributed by atoms with Crippen molar-refractivity contribution in [2.24, 2.45) is 0 Å². The van der Waals surface area contributed by atoms with E-state index in [9.17, 15) is 0 Å². The molecule has 2 aromatic heterocycles. The zero-order chi connectivity index (χ0) is 35.1. The molecule has 0 saturated heterocycles. The summed E-state index contributed by atoms with van der Waals surface area (Å²) in [6.45, 7) is 0. The van der Waals surface area contributed by atoms with Gasteiger partial charge in [-0.05, 0) is 51.7 Å². The summed E-state index contributed by atoms with van der Waals surface area (Å²) in [7, 11) is 0. The van der Waals surface area contributed by atoms with Crippen LogP contribution in [0.5, 0.6) is 0 Å². The molecule has 0 aliphatic heterocycles. The van der Waals surface area contributed by atoms with E-state index in [0.29, 0.717) is 17.5 Å². The van der Waals surface area contributed by atoms with Gasteiger partial charge in [-0.25, -0.2) is 15.0 Å². The van der Waals surface area contributed by atoms with Crippen LogP contribution in [0.3, 0.4) is 0 Å². The van der Waals surface area contributed by atoms with Crippen LogP contribution in [0.2, 0.25) is 0 Å². The van der Waals surface area contributed by atoms with E-state index in [0.717, 1.165) is 55.3 Å². The Kier molecular flexibility index (Phi) is 7.43. The summed E-state index contributed by atoms with van der Waals surface area (Å²) in [4.78, 5) is 15.5. The average Bonchev–Trinajstić information content (AvgIpc) is 3.58. The van der Waals surface area contributed by atoms with Gasteiger partial charge in [0.2, 0.25) is 0 Å². The number of nitrogens with zero attached hydrogens (tertiary/aromatic N) is 4. The lowest BCUT2D eigenvalue weighted by atomic mass is 9.96. The maximum absolute atomic E-state index is 5.22. The fourth-order valence-corrected chi connectivity index (χ4v) is 7.54. The number of hydrogen-bond donors (Lipinski definition) is 0. The van der Waals surface area contributed by atoms with Crippen LogP contribution in [0.25, 0.3) is 94.7 Å². The van der Waals surface area contributed by atoms with Crippen molar-refractivity contribution in [1.82, 2.24) is 19.5 Å². The minimum atomic E-state index is 0.619. The monoisotopic (exact) mass is 676 g/mol.